The van der Waals surface area contributed by atoms with Crippen LogP contribution in [0.25, 0.3) is 5.57 Å². The molecule has 1 aromatic carbocycles. The van der Waals surface area contributed by atoms with E-state index in [1.165, 1.54) is 18.7 Å². The van der Waals surface area contributed by atoms with E-state index in [-0.39, 0.29) is 22.3 Å². The monoisotopic (exact) mass is 373 g/mol. The Hall–Kier alpha value is -1.86. The molecule has 0 saturated heterocycles. The number of hydrogen-bond acceptors (Lipinski definition) is 4. The van der Waals surface area contributed by atoms with Gasteiger partial charge in [0, 0.05) is 11.1 Å². The van der Waals surface area contributed by atoms with Gasteiger partial charge in [-0.25, -0.2) is 13.2 Å². The van der Waals surface area contributed by atoms with E-state index in [4.69, 9.17) is 22.1 Å². The topological polar surface area (TPSA) is 52.3 Å². The highest BCUT2D eigenvalue weighted by Gasteiger charge is 2.42. The van der Waals surface area contributed by atoms with Gasteiger partial charge in [-0.2, -0.15) is 0 Å². The molecule has 3 nitrogen and oxygen atoms in total. The second-order valence-electron chi connectivity index (χ2n) is 5.21. The predicted molar refractivity (Wildman–Crippen MR) is 86.7 cm³/mol. The van der Waals surface area contributed by atoms with Crippen molar-refractivity contribution in [2.24, 2.45) is 5.73 Å². The number of ether oxygens (including phenoxy) is 1. The molecule has 1 aromatic rings. The third-order valence-electron chi connectivity index (χ3n) is 3.76. The lowest BCUT2D eigenvalue weighted by Gasteiger charge is -2.19. The smallest absolute Gasteiger partial charge is 0.210 e. The fraction of sp³-hybridized carbons (Fsp3) is 0.188. The van der Waals surface area contributed by atoms with Crippen LogP contribution in [0, 0.1) is 24.4 Å². The maximum absolute atomic E-state index is 14.2. The summed E-state index contributed by atoms with van der Waals surface area (Å²) in [6, 6.07) is 0. The van der Waals surface area contributed by atoms with Gasteiger partial charge in [-0.3, -0.25) is 4.79 Å². The summed E-state index contributed by atoms with van der Waals surface area (Å²) in [5.41, 5.74) is 4.47. The minimum atomic E-state index is -1.71. The van der Waals surface area contributed by atoms with Crippen molar-refractivity contribution in [1.29, 1.82) is 0 Å². The predicted octanol–water partition coefficient (Wildman–Crippen LogP) is 3.85. The van der Waals surface area contributed by atoms with E-state index < -0.39 is 39.9 Å². The number of benzene rings is 1. The van der Waals surface area contributed by atoms with Gasteiger partial charge in [-0.05, 0) is 12.3 Å². The zero-order valence-corrected chi connectivity index (χ0v) is 13.9. The van der Waals surface area contributed by atoms with Crippen molar-refractivity contribution in [1.82, 2.24) is 0 Å². The summed E-state index contributed by atoms with van der Waals surface area (Å²) < 4.78 is 46.9. The molecule has 0 spiro atoms. The molecule has 2 unspecified atom stereocenters. The third-order valence-corrected chi connectivity index (χ3v) is 5.27. The summed E-state index contributed by atoms with van der Waals surface area (Å²) in [6.45, 7) is 1.18. The molecule has 0 amide bonds. The number of ketones is 1. The average Bonchev–Trinajstić information content (AvgIpc) is 2.88. The normalized spacial score (nSPS) is 23.1. The molecule has 0 radical (unpaired) electrons. The summed E-state index contributed by atoms with van der Waals surface area (Å²) in [7, 11) is 0. The van der Waals surface area contributed by atoms with Crippen molar-refractivity contribution in [2.75, 3.05) is 0 Å². The van der Waals surface area contributed by atoms with Crippen LogP contribution in [-0.4, -0.2) is 17.1 Å². The molecule has 3 rings (SSSR count). The highest BCUT2D eigenvalue weighted by Crippen LogP contribution is 2.40. The average molecular weight is 374 g/mol. The van der Waals surface area contributed by atoms with Crippen molar-refractivity contribution in [2.45, 2.75) is 18.3 Å². The first-order valence-corrected chi connectivity index (χ1v) is 8.19. The Kier molecular flexibility index (Phi) is 4.40. The first kappa shape index (κ1) is 17.0. The maximum atomic E-state index is 14.2. The third kappa shape index (κ3) is 2.52. The van der Waals surface area contributed by atoms with Crippen molar-refractivity contribution >= 4 is 34.7 Å². The van der Waals surface area contributed by atoms with E-state index >= 15 is 0 Å². The molecule has 2 heterocycles. The first-order chi connectivity index (χ1) is 11.3. The summed E-state index contributed by atoms with van der Waals surface area (Å²) in [6.07, 6.45) is 4.27. The number of thioether (sulfide) groups is 1. The minimum Gasteiger partial charge on any atom is -0.466 e. The molecule has 0 saturated carbocycles. The van der Waals surface area contributed by atoms with Gasteiger partial charge in [0.05, 0.1) is 15.8 Å². The van der Waals surface area contributed by atoms with Gasteiger partial charge in [0.1, 0.15) is 0 Å². The molecule has 8 heteroatoms. The molecule has 0 fully saturated rings. The molecule has 0 aliphatic carbocycles. The second kappa shape index (κ2) is 6.22. The molecular weight excluding hydrogens is 363 g/mol. The van der Waals surface area contributed by atoms with Gasteiger partial charge in [0.25, 0.3) is 0 Å². The zero-order valence-electron chi connectivity index (χ0n) is 12.3. The SMILES string of the molecule is Cc1c(F)c(F)c(F)c(C2=C(N)OC(C3C=CC=CS3)C2=O)c1Cl. The number of allylic oxidation sites excluding steroid dienone is 2. The highest BCUT2D eigenvalue weighted by molar-refractivity contribution is 8.03. The van der Waals surface area contributed by atoms with Gasteiger partial charge in [0.15, 0.2) is 29.4 Å². The molecule has 2 atom stereocenters. The Balaban J connectivity index is 2.07. The first-order valence-electron chi connectivity index (χ1n) is 6.87. The lowest BCUT2D eigenvalue weighted by Crippen LogP contribution is -2.29. The van der Waals surface area contributed by atoms with Crippen LogP contribution in [0.5, 0.6) is 0 Å². The van der Waals surface area contributed by atoms with E-state index in [2.05, 4.69) is 0 Å². The molecule has 2 N–H and O–H groups in total. The Morgan fingerprint density at radius 1 is 1.21 bits per heavy atom. The van der Waals surface area contributed by atoms with Crippen LogP contribution in [0.4, 0.5) is 13.2 Å². The Morgan fingerprint density at radius 3 is 2.54 bits per heavy atom. The van der Waals surface area contributed by atoms with Crippen LogP contribution in [0.15, 0.2) is 29.5 Å². The Bertz CT molecular complexity index is 806. The number of carbonyl (C=O) groups excluding carboxylic acids is 1. The van der Waals surface area contributed by atoms with Crippen molar-refractivity contribution in [3.05, 3.63) is 63.1 Å². The Labute approximate surface area is 145 Å². The van der Waals surface area contributed by atoms with Gasteiger partial charge in [-0.1, -0.05) is 29.8 Å². The molecule has 0 bridgehead atoms. The van der Waals surface area contributed by atoms with E-state index in [1.807, 2.05) is 0 Å². The summed E-state index contributed by atoms with van der Waals surface area (Å²) in [5, 5.41) is 0.991. The summed E-state index contributed by atoms with van der Waals surface area (Å²) in [5.74, 6) is -5.67. The highest BCUT2D eigenvalue weighted by atomic mass is 35.5. The standard InChI is InChI=1S/C16H11ClF3NO2S/c1-6-10(17)8(12(19)13(20)11(6)18)9-14(22)15(23-16(9)21)7-4-2-3-5-24-7/h2-5,7,15H,21H2,1H3. The lowest BCUT2D eigenvalue weighted by molar-refractivity contribution is -0.119. The molecule has 24 heavy (non-hydrogen) atoms. The van der Waals surface area contributed by atoms with E-state index in [9.17, 15) is 18.0 Å². The fourth-order valence-electron chi connectivity index (χ4n) is 2.52. The molecule has 126 valence electrons. The van der Waals surface area contributed by atoms with E-state index in [1.54, 1.807) is 23.6 Å². The number of rotatable bonds is 2. The Morgan fingerprint density at radius 2 is 1.92 bits per heavy atom. The van der Waals surface area contributed by atoms with Crippen LogP contribution in [0.3, 0.4) is 0 Å². The lowest BCUT2D eigenvalue weighted by atomic mass is 9.96. The van der Waals surface area contributed by atoms with E-state index in [0.717, 1.165) is 0 Å². The fourth-order valence-corrected chi connectivity index (χ4v) is 3.65. The van der Waals surface area contributed by atoms with Gasteiger partial charge < -0.3 is 10.5 Å². The summed E-state index contributed by atoms with van der Waals surface area (Å²) in [4.78, 5) is 12.7. The van der Waals surface area contributed by atoms with Gasteiger partial charge in [-0.15, -0.1) is 11.8 Å². The number of halogens is 4. The number of hydrogen-bond donors (Lipinski definition) is 1. The van der Waals surface area contributed by atoms with E-state index in [0.29, 0.717) is 0 Å². The quantitative estimate of drug-likeness (QED) is 0.632. The largest absolute Gasteiger partial charge is 0.466 e. The van der Waals surface area contributed by atoms with Crippen molar-refractivity contribution < 1.29 is 22.7 Å². The van der Waals surface area contributed by atoms with Crippen molar-refractivity contribution in [3.63, 3.8) is 0 Å². The minimum absolute atomic E-state index is 0.308. The van der Waals surface area contributed by atoms with Crippen molar-refractivity contribution in [3.8, 4) is 0 Å². The van der Waals surface area contributed by atoms with Crippen LogP contribution in [0.2, 0.25) is 5.02 Å². The van der Waals surface area contributed by atoms with Crippen LogP contribution >= 0.6 is 23.4 Å². The molecule has 0 aromatic heterocycles. The summed E-state index contributed by atoms with van der Waals surface area (Å²) >= 11 is 7.27. The van der Waals surface area contributed by atoms with Gasteiger partial charge >= 0.3 is 0 Å². The number of Topliss-reactive ketones (excluding diaryl/α,β-unsaturated/α-hetero) is 1. The van der Waals surface area contributed by atoms with Crippen LogP contribution in [0.1, 0.15) is 11.1 Å². The second-order valence-corrected chi connectivity index (χ2v) is 6.68. The number of nitrogens with two attached hydrogens (primary N) is 1. The maximum Gasteiger partial charge on any atom is 0.210 e. The van der Waals surface area contributed by atoms with Crippen LogP contribution < -0.4 is 5.73 Å². The van der Waals surface area contributed by atoms with Gasteiger partial charge in [0.2, 0.25) is 5.78 Å². The molecular formula is C16H11ClF3NO2S. The molecule has 2 aliphatic rings. The molecule has 2 aliphatic heterocycles. The van der Waals surface area contributed by atoms with Crippen LogP contribution in [-0.2, 0) is 9.53 Å². The number of carbonyl (C=O) groups is 1. The zero-order chi connectivity index (χ0) is 17.6.